The monoisotopic (exact) mass is 164 g/mol. The number of Topliss-reactive ketones (excluding diaryl/α,β-unsaturated/α-hetero) is 1. The Morgan fingerprint density at radius 2 is 2.17 bits per heavy atom. The van der Waals surface area contributed by atoms with Crippen LogP contribution in [0, 0.1) is 22.7 Å². The van der Waals surface area contributed by atoms with Crippen LogP contribution in [-0.2, 0) is 4.79 Å². The number of hydrogen-bond acceptors (Lipinski definition) is 1. The van der Waals surface area contributed by atoms with Gasteiger partial charge in [0.05, 0.1) is 0 Å². The molecule has 0 amide bonds. The van der Waals surface area contributed by atoms with E-state index in [0.717, 1.165) is 5.92 Å². The van der Waals surface area contributed by atoms with Gasteiger partial charge in [0.2, 0.25) is 0 Å². The van der Waals surface area contributed by atoms with E-state index in [4.69, 9.17) is 0 Å². The highest BCUT2D eigenvalue weighted by atomic mass is 16.1. The zero-order chi connectivity index (χ0) is 8.56. The highest BCUT2D eigenvalue weighted by Gasteiger charge is 2.67. The van der Waals surface area contributed by atoms with Crippen LogP contribution in [-0.4, -0.2) is 5.78 Å². The third kappa shape index (κ3) is 0.512. The Morgan fingerprint density at radius 3 is 2.58 bits per heavy atom. The molecule has 0 aromatic rings. The van der Waals surface area contributed by atoms with Crippen LogP contribution in [0.15, 0.2) is 0 Å². The minimum absolute atomic E-state index is 0.109. The predicted molar refractivity (Wildman–Crippen MR) is 46.7 cm³/mol. The van der Waals surface area contributed by atoms with E-state index in [1.54, 1.807) is 0 Å². The third-order valence-corrected chi connectivity index (χ3v) is 4.98. The average molecular weight is 164 g/mol. The second-order valence-corrected chi connectivity index (χ2v) is 5.64. The van der Waals surface area contributed by atoms with Crippen molar-refractivity contribution in [3.8, 4) is 0 Å². The summed E-state index contributed by atoms with van der Waals surface area (Å²) >= 11 is 0. The fourth-order valence-electron chi connectivity index (χ4n) is 4.25. The van der Waals surface area contributed by atoms with Crippen molar-refractivity contribution in [2.24, 2.45) is 22.7 Å². The van der Waals surface area contributed by atoms with E-state index in [0.29, 0.717) is 17.1 Å². The van der Waals surface area contributed by atoms with Crippen LogP contribution in [0.25, 0.3) is 0 Å². The summed E-state index contributed by atoms with van der Waals surface area (Å²) in [6.45, 7) is 4.54. The van der Waals surface area contributed by atoms with Gasteiger partial charge in [0.25, 0.3) is 0 Å². The van der Waals surface area contributed by atoms with Crippen molar-refractivity contribution in [3.63, 3.8) is 0 Å². The first-order valence-corrected chi connectivity index (χ1v) is 5.11. The molecular weight excluding hydrogens is 148 g/mol. The molecule has 0 spiro atoms. The minimum Gasteiger partial charge on any atom is -0.299 e. The molecule has 0 radical (unpaired) electrons. The largest absolute Gasteiger partial charge is 0.299 e. The Morgan fingerprint density at radius 1 is 1.42 bits per heavy atom. The molecule has 4 aliphatic rings. The fraction of sp³-hybridized carbons (Fsp3) is 0.909. The number of rotatable bonds is 0. The fourth-order valence-corrected chi connectivity index (χ4v) is 4.25. The van der Waals surface area contributed by atoms with E-state index < -0.39 is 0 Å². The minimum atomic E-state index is 0.109. The van der Waals surface area contributed by atoms with Gasteiger partial charge in [-0.15, -0.1) is 0 Å². The summed E-state index contributed by atoms with van der Waals surface area (Å²) in [5.41, 5.74) is 0.512. The topological polar surface area (TPSA) is 17.1 Å². The number of fused-ring (bicyclic) bond motifs is 1. The molecule has 0 aliphatic heterocycles. The van der Waals surface area contributed by atoms with Crippen molar-refractivity contribution < 1.29 is 4.79 Å². The molecule has 0 saturated heterocycles. The van der Waals surface area contributed by atoms with E-state index in [1.165, 1.54) is 25.7 Å². The van der Waals surface area contributed by atoms with Gasteiger partial charge in [-0.2, -0.15) is 0 Å². The van der Waals surface area contributed by atoms with Crippen molar-refractivity contribution in [1.82, 2.24) is 0 Å². The van der Waals surface area contributed by atoms with Crippen LogP contribution < -0.4 is 0 Å². The highest BCUT2D eigenvalue weighted by molar-refractivity contribution is 5.92. The summed E-state index contributed by atoms with van der Waals surface area (Å²) in [4.78, 5) is 12.0. The summed E-state index contributed by atoms with van der Waals surface area (Å²) in [5.74, 6) is 1.80. The van der Waals surface area contributed by atoms with Gasteiger partial charge >= 0.3 is 0 Å². The quantitative estimate of drug-likeness (QED) is 0.537. The maximum Gasteiger partial charge on any atom is 0.142 e. The Bertz CT molecular complexity index is 270. The number of carbonyl (C=O) groups is 1. The van der Waals surface area contributed by atoms with Crippen LogP contribution in [0.5, 0.6) is 0 Å². The molecule has 4 fully saturated rings. The number of ketones is 1. The smallest absolute Gasteiger partial charge is 0.142 e. The summed E-state index contributed by atoms with van der Waals surface area (Å²) in [5, 5.41) is 0. The molecule has 1 nitrogen and oxygen atoms in total. The lowest BCUT2D eigenvalue weighted by atomic mass is 9.57. The Balaban J connectivity index is 2.17. The molecule has 0 heterocycles. The first-order chi connectivity index (χ1) is 5.56. The molecule has 4 bridgehead atoms. The normalized spacial score (nSPS) is 61.7. The van der Waals surface area contributed by atoms with Crippen LogP contribution in [0.1, 0.15) is 39.5 Å². The van der Waals surface area contributed by atoms with Crippen molar-refractivity contribution in [1.29, 1.82) is 0 Å². The summed E-state index contributed by atoms with van der Waals surface area (Å²) in [6, 6.07) is 0. The lowest BCUT2D eigenvalue weighted by Crippen LogP contribution is -2.38. The molecule has 4 atom stereocenters. The van der Waals surface area contributed by atoms with Crippen LogP contribution in [0.2, 0.25) is 0 Å². The van der Waals surface area contributed by atoms with Gasteiger partial charge in [-0.25, -0.2) is 0 Å². The van der Waals surface area contributed by atoms with Crippen molar-refractivity contribution in [2.75, 3.05) is 0 Å². The third-order valence-electron chi connectivity index (χ3n) is 4.98. The second kappa shape index (κ2) is 1.64. The van der Waals surface area contributed by atoms with Gasteiger partial charge < -0.3 is 0 Å². The standard InChI is InChI=1S/C11H16O/c1-10-4-3-7-5-8(10)9(12)11(7,2)6-10/h7-8H,3-6H2,1-2H3/t7-,8+,10-,11-/m0/s1. The second-order valence-electron chi connectivity index (χ2n) is 5.64. The molecule has 66 valence electrons. The van der Waals surface area contributed by atoms with E-state index >= 15 is 0 Å². The average Bonchev–Trinajstić information content (AvgIpc) is 2.32. The molecular formula is C11H16O. The Kier molecular flexibility index (Phi) is 0.971. The van der Waals surface area contributed by atoms with Gasteiger partial charge in [-0.05, 0) is 37.0 Å². The lowest BCUT2D eigenvalue weighted by molar-refractivity contribution is -0.125. The molecule has 4 saturated carbocycles. The lowest BCUT2D eigenvalue weighted by Gasteiger charge is -2.46. The van der Waals surface area contributed by atoms with E-state index in [-0.39, 0.29) is 5.41 Å². The number of hydrogen-bond donors (Lipinski definition) is 0. The van der Waals surface area contributed by atoms with E-state index in [9.17, 15) is 4.79 Å². The Hall–Kier alpha value is -0.330. The SMILES string of the molecule is C[C@@]12CC[C@H]3C[C@@H]1C(=O)[C@@]3(C)C2. The molecule has 12 heavy (non-hydrogen) atoms. The molecule has 0 N–H and O–H groups in total. The van der Waals surface area contributed by atoms with Crippen LogP contribution in [0.4, 0.5) is 0 Å². The first-order valence-electron chi connectivity index (χ1n) is 5.11. The molecule has 4 aliphatic carbocycles. The van der Waals surface area contributed by atoms with Gasteiger partial charge in [-0.3, -0.25) is 4.79 Å². The summed E-state index contributed by atoms with van der Waals surface area (Å²) < 4.78 is 0. The van der Waals surface area contributed by atoms with Crippen LogP contribution in [0.3, 0.4) is 0 Å². The molecule has 0 aromatic carbocycles. The van der Waals surface area contributed by atoms with Crippen molar-refractivity contribution >= 4 is 5.78 Å². The predicted octanol–water partition coefficient (Wildman–Crippen LogP) is 2.40. The van der Waals surface area contributed by atoms with Gasteiger partial charge in [0.15, 0.2) is 0 Å². The van der Waals surface area contributed by atoms with E-state index in [2.05, 4.69) is 13.8 Å². The molecule has 4 rings (SSSR count). The van der Waals surface area contributed by atoms with Crippen molar-refractivity contribution in [2.45, 2.75) is 39.5 Å². The molecule has 0 unspecified atom stereocenters. The maximum absolute atomic E-state index is 12.0. The van der Waals surface area contributed by atoms with Crippen LogP contribution >= 0.6 is 0 Å². The zero-order valence-electron chi connectivity index (χ0n) is 7.89. The number of carbonyl (C=O) groups excluding carboxylic acids is 1. The molecule has 1 heteroatoms. The zero-order valence-corrected chi connectivity index (χ0v) is 7.89. The summed E-state index contributed by atoms with van der Waals surface area (Å²) in [7, 11) is 0. The van der Waals surface area contributed by atoms with Gasteiger partial charge in [0.1, 0.15) is 5.78 Å². The van der Waals surface area contributed by atoms with Crippen molar-refractivity contribution in [3.05, 3.63) is 0 Å². The van der Waals surface area contributed by atoms with Gasteiger partial charge in [-0.1, -0.05) is 13.8 Å². The molecule has 0 aromatic heterocycles. The van der Waals surface area contributed by atoms with E-state index in [1.807, 2.05) is 0 Å². The summed E-state index contributed by atoms with van der Waals surface area (Å²) in [6.07, 6.45) is 5.03. The highest BCUT2D eigenvalue weighted by Crippen LogP contribution is 2.69. The van der Waals surface area contributed by atoms with Gasteiger partial charge in [0, 0.05) is 11.3 Å². The first kappa shape index (κ1) is 7.11. The maximum atomic E-state index is 12.0. The Labute approximate surface area is 73.5 Å².